The Bertz CT molecular complexity index is 1280. The van der Waals surface area contributed by atoms with Crippen LogP contribution >= 0.6 is 0 Å². The molecule has 5 rings (SSSR count). The Balaban J connectivity index is 1.23. The first kappa shape index (κ1) is 21.1. The average molecular weight is 449 g/mol. The first-order chi connectivity index (χ1) is 16.1. The number of carbonyl (C=O) groups excluding carboxylic acids is 1. The van der Waals surface area contributed by atoms with Crippen LogP contribution in [0.15, 0.2) is 48.5 Å². The minimum absolute atomic E-state index is 0.130. The third-order valence-electron chi connectivity index (χ3n) is 5.72. The molecule has 0 spiro atoms. The zero-order valence-electron chi connectivity index (χ0n) is 18.2. The summed E-state index contributed by atoms with van der Waals surface area (Å²) in [5, 5.41) is 15.4. The number of aromatic nitrogens is 4. The number of nitrogens with one attached hydrogen (secondary N) is 2. The predicted octanol–water partition coefficient (Wildman–Crippen LogP) is 3.57. The number of carbonyl (C=O) groups is 1. The summed E-state index contributed by atoms with van der Waals surface area (Å²) in [7, 11) is 0. The van der Waals surface area contributed by atoms with Gasteiger partial charge in [0.2, 0.25) is 0 Å². The summed E-state index contributed by atoms with van der Waals surface area (Å²) in [5.74, 6) is -0.291. The number of ether oxygens (including phenoxy) is 2. The van der Waals surface area contributed by atoms with Crippen LogP contribution in [0.5, 0.6) is 5.75 Å². The third kappa shape index (κ3) is 4.45. The normalized spacial score (nSPS) is 16.3. The summed E-state index contributed by atoms with van der Waals surface area (Å²) >= 11 is 0. The van der Waals surface area contributed by atoms with Crippen molar-refractivity contribution < 1.29 is 18.7 Å². The smallest absolute Gasteiger partial charge is 0.275 e. The summed E-state index contributed by atoms with van der Waals surface area (Å²) in [5.41, 5.74) is 3.89. The number of nitrogens with zero attached hydrogens (tertiary/aromatic N) is 3. The zero-order valence-corrected chi connectivity index (χ0v) is 18.2. The Kier molecular flexibility index (Phi) is 5.78. The van der Waals surface area contributed by atoms with Gasteiger partial charge in [0.05, 0.1) is 31.0 Å². The highest BCUT2D eigenvalue weighted by Gasteiger charge is 2.29. The molecule has 4 aromatic rings. The first-order valence-corrected chi connectivity index (χ1v) is 10.9. The van der Waals surface area contributed by atoms with Gasteiger partial charge in [-0.2, -0.15) is 10.2 Å². The molecule has 1 saturated heterocycles. The molecule has 2 N–H and O–H groups in total. The molecule has 1 aliphatic heterocycles. The number of H-pyrrole nitrogens is 2. The predicted molar refractivity (Wildman–Crippen MR) is 120 cm³/mol. The van der Waals surface area contributed by atoms with Gasteiger partial charge in [-0.25, -0.2) is 4.39 Å². The molecule has 1 aliphatic rings. The van der Waals surface area contributed by atoms with E-state index in [9.17, 15) is 9.18 Å². The Morgan fingerprint density at radius 3 is 2.97 bits per heavy atom. The lowest BCUT2D eigenvalue weighted by Crippen LogP contribution is -2.42. The Hall–Kier alpha value is -3.72. The highest BCUT2D eigenvalue weighted by Crippen LogP contribution is 2.25. The summed E-state index contributed by atoms with van der Waals surface area (Å²) in [6.45, 7) is 3.58. The molecule has 170 valence electrons. The molecule has 2 aromatic heterocycles. The van der Waals surface area contributed by atoms with Crippen LogP contribution in [0, 0.1) is 12.7 Å². The van der Waals surface area contributed by atoms with Crippen LogP contribution in [0.4, 0.5) is 4.39 Å². The van der Waals surface area contributed by atoms with E-state index in [4.69, 9.17) is 9.47 Å². The van der Waals surface area contributed by atoms with Crippen molar-refractivity contribution in [3.8, 4) is 5.75 Å². The van der Waals surface area contributed by atoms with Crippen LogP contribution < -0.4 is 4.74 Å². The molecule has 0 saturated carbocycles. The van der Waals surface area contributed by atoms with Crippen molar-refractivity contribution in [2.24, 2.45) is 0 Å². The monoisotopic (exact) mass is 449 g/mol. The van der Waals surface area contributed by atoms with E-state index in [1.165, 1.54) is 6.07 Å². The minimum Gasteiger partial charge on any atom is -0.490 e. The van der Waals surface area contributed by atoms with Crippen molar-refractivity contribution in [3.05, 3.63) is 77.0 Å². The van der Waals surface area contributed by atoms with Gasteiger partial charge < -0.3 is 14.4 Å². The maximum Gasteiger partial charge on any atom is 0.275 e. The van der Waals surface area contributed by atoms with E-state index in [2.05, 4.69) is 20.4 Å². The van der Waals surface area contributed by atoms with Crippen LogP contribution in [0.1, 0.15) is 33.5 Å². The van der Waals surface area contributed by atoms with Crippen molar-refractivity contribution in [1.82, 2.24) is 25.3 Å². The molecule has 8 nitrogen and oxygen atoms in total. The van der Waals surface area contributed by atoms with Crippen LogP contribution in [-0.2, 0) is 11.2 Å². The van der Waals surface area contributed by atoms with Crippen LogP contribution in [-0.4, -0.2) is 57.5 Å². The highest BCUT2D eigenvalue weighted by atomic mass is 19.1. The van der Waals surface area contributed by atoms with Gasteiger partial charge in [0.1, 0.15) is 6.10 Å². The van der Waals surface area contributed by atoms with Gasteiger partial charge in [-0.15, -0.1) is 0 Å². The number of hydrogen-bond donors (Lipinski definition) is 2. The third-order valence-corrected chi connectivity index (χ3v) is 5.72. The molecule has 3 heterocycles. The molecule has 2 aromatic carbocycles. The SMILES string of the molecule is Cc1ccc2[nH]nc(C(=O)N3CCOC(c4cc(CCOc5ccccc5F)[nH]n4)C3)c2c1. The Morgan fingerprint density at radius 1 is 1.21 bits per heavy atom. The summed E-state index contributed by atoms with van der Waals surface area (Å²) in [6.07, 6.45) is 0.196. The molecule has 1 fully saturated rings. The topological polar surface area (TPSA) is 96.1 Å². The van der Waals surface area contributed by atoms with Crippen molar-refractivity contribution in [2.45, 2.75) is 19.4 Å². The number of benzene rings is 2. The Labute approximate surface area is 189 Å². The summed E-state index contributed by atoms with van der Waals surface area (Å²) in [4.78, 5) is 14.9. The maximum absolute atomic E-state index is 13.7. The van der Waals surface area contributed by atoms with Gasteiger partial charge >= 0.3 is 0 Å². The van der Waals surface area contributed by atoms with E-state index in [0.717, 1.165) is 27.9 Å². The fourth-order valence-corrected chi connectivity index (χ4v) is 3.96. The molecule has 0 aliphatic carbocycles. The van der Waals surface area contributed by atoms with Crippen molar-refractivity contribution >= 4 is 16.8 Å². The number of morpholine rings is 1. The standard InChI is InChI=1S/C24H24FN5O3/c1-15-6-7-19-17(12-15)23(29-27-19)24(31)30-9-11-33-22(14-30)20-13-16(26-28-20)8-10-32-21-5-3-2-4-18(21)25/h2-7,12-13,22H,8-11,14H2,1H3,(H,26,28)(H,27,29). The number of fused-ring (bicyclic) bond motifs is 1. The van der Waals surface area contributed by atoms with Crippen molar-refractivity contribution in [2.75, 3.05) is 26.3 Å². The number of aryl methyl sites for hydroxylation is 1. The van der Waals surface area contributed by atoms with E-state index >= 15 is 0 Å². The van der Waals surface area contributed by atoms with Gasteiger partial charge in [-0.1, -0.05) is 23.8 Å². The van der Waals surface area contributed by atoms with Gasteiger partial charge in [-0.05, 0) is 37.3 Å². The molecular weight excluding hydrogens is 425 g/mol. The van der Waals surface area contributed by atoms with E-state index in [1.54, 1.807) is 23.1 Å². The Morgan fingerprint density at radius 2 is 2.09 bits per heavy atom. The molecule has 33 heavy (non-hydrogen) atoms. The zero-order chi connectivity index (χ0) is 22.8. The maximum atomic E-state index is 13.7. The van der Waals surface area contributed by atoms with Gasteiger partial charge in [0.15, 0.2) is 17.3 Å². The second kappa shape index (κ2) is 9.03. The lowest BCUT2D eigenvalue weighted by molar-refractivity contribution is -0.0248. The van der Waals surface area contributed by atoms with Gasteiger partial charge in [-0.3, -0.25) is 15.0 Å². The average Bonchev–Trinajstić information content (AvgIpc) is 3.47. The van der Waals surface area contributed by atoms with E-state index in [-0.39, 0.29) is 23.6 Å². The lowest BCUT2D eigenvalue weighted by atomic mass is 10.1. The number of halogens is 1. The second-order valence-corrected chi connectivity index (χ2v) is 8.08. The van der Waals surface area contributed by atoms with Gasteiger partial charge in [0, 0.05) is 24.0 Å². The van der Waals surface area contributed by atoms with E-state index in [0.29, 0.717) is 38.4 Å². The number of amides is 1. The molecule has 9 heteroatoms. The highest BCUT2D eigenvalue weighted by molar-refractivity contribution is 6.04. The van der Waals surface area contributed by atoms with Crippen LogP contribution in [0.2, 0.25) is 0 Å². The van der Waals surface area contributed by atoms with Crippen LogP contribution in [0.3, 0.4) is 0 Å². The molecular formula is C24H24FN5O3. The summed E-state index contributed by atoms with van der Waals surface area (Å²) in [6, 6.07) is 14.1. The van der Waals surface area contributed by atoms with Crippen molar-refractivity contribution in [1.29, 1.82) is 0 Å². The molecule has 0 bridgehead atoms. The molecule has 0 radical (unpaired) electrons. The quantitative estimate of drug-likeness (QED) is 0.469. The lowest BCUT2D eigenvalue weighted by Gasteiger charge is -2.31. The fourth-order valence-electron chi connectivity index (χ4n) is 3.96. The second-order valence-electron chi connectivity index (χ2n) is 8.08. The number of para-hydroxylation sites is 1. The molecule has 1 amide bonds. The molecule has 1 atom stereocenters. The summed E-state index contributed by atoms with van der Waals surface area (Å²) < 4.78 is 25.1. The minimum atomic E-state index is -0.386. The largest absolute Gasteiger partial charge is 0.490 e. The number of hydrogen-bond acceptors (Lipinski definition) is 5. The first-order valence-electron chi connectivity index (χ1n) is 10.9. The fraction of sp³-hybridized carbons (Fsp3) is 0.292. The van der Waals surface area contributed by atoms with Gasteiger partial charge in [0.25, 0.3) is 5.91 Å². The van der Waals surface area contributed by atoms with Crippen LogP contribution in [0.25, 0.3) is 10.9 Å². The van der Waals surface area contributed by atoms with Crippen molar-refractivity contribution in [3.63, 3.8) is 0 Å². The van der Waals surface area contributed by atoms with E-state index in [1.807, 2.05) is 31.2 Å². The molecule has 1 unspecified atom stereocenters. The number of rotatable bonds is 6. The number of aromatic amines is 2. The van der Waals surface area contributed by atoms with E-state index < -0.39 is 0 Å².